The highest BCUT2D eigenvalue weighted by molar-refractivity contribution is 5.95. The molecule has 1 amide bonds. The van der Waals surface area contributed by atoms with Gasteiger partial charge in [-0.05, 0) is 61.1 Å². The van der Waals surface area contributed by atoms with E-state index in [4.69, 9.17) is 5.73 Å². The van der Waals surface area contributed by atoms with E-state index in [1.165, 1.54) is 37.7 Å². The summed E-state index contributed by atoms with van der Waals surface area (Å²) < 4.78 is 0. The Morgan fingerprint density at radius 2 is 1.95 bits per heavy atom. The number of rotatable bonds is 2. The van der Waals surface area contributed by atoms with Crippen molar-refractivity contribution in [1.29, 1.82) is 0 Å². The van der Waals surface area contributed by atoms with Gasteiger partial charge in [0.1, 0.15) is 0 Å². The summed E-state index contributed by atoms with van der Waals surface area (Å²) in [6, 6.07) is 9.19. The van der Waals surface area contributed by atoms with Crippen molar-refractivity contribution >= 4 is 11.6 Å². The predicted molar refractivity (Wildman–Crippen MR) is 88.9 cm³/mol. The molecule has 3 fully saturated rings. The third-order valence-electron chi connectivity index (χ3n) is 6.10. The molecule has 118 valence electrons. The highest BCUT2D eigenvalue weighted by atomic mass is 16.2. The van der Waals surface area contributed by atoms with E-state index in [1.54, 1.807) is 0 Å². The molecule has 0 aromatic heterocycles. The van der Waals surface area contributed by atoms with Crippen molar-refractivity contribution in [2.24, 2.45) is 11.7 Å². The third kappa shape index (κ3) is 2.36. The predicted octanol–water partition coefficient (Wildman–Crippen LogP) is 3.36. The van der Waals surface area contributed by atoms with Crippen LogP contribution in [0.1, 0.15) is 56.9 Å². The average molecular weight is 298 g/mol. The molecular formula is C19H26N2O. The SMILES string of the molecule is NC1CC2CCCC(c3ccc(N4CCCC4=O)cc3)(C1)C2. The van der Waals surface area contributed by atoms with E-state index in [9.17, 15) is 4.79 Å². The fraction of sp³-hybridized carbons (Fsp3) is 0.632. The van der Waals surface area contributed by atoms with E-state index >= 15 is 0 Å². The Morgan fingerprint density at radius 3 is 2.68 bits per heavy atom. The first-order chi connectivity index (χ1) is 10.7. The number of amides is 1. The van der Waals surface area contributed by atoms with Gasteiger partial charge < -0.3 is 10.6 Å². The number of fused-ring (bicyclic) bond motifs is 2. The lowest BCUT2D eigenvalue weighted by molar-refractivity contribution is -0.117. The van der Waals surface area contributed by atoms with Gasteiger partial charge in [0.2, 0.25) is 5.91 Å². The molecule has 1 aromatic carbocycles. The summed E-state index contributed by atoms with van der Waals surface area (Å²) in [5.74, 6) is 1.08. The Balaban J connectivity index is 1.60. The summed E-state index contributed by atoms with van der Waals surface area (Å²) in [5, 5.41) is 0. The van der Waals surface area contributed by atoms with Crippen LogP contribution in [-0.4, -0.2) is 18.5 Å². The Morgan fingerprint density at radius 1 is 1.14 bits per heavy atom. The summed E-state index contributed by atoms with van der Waals surface area (Å²) in [6.07, 6.45) is 9.30. The highest BCUT2D eigenvalue weighted by Gasteiger charge is 2.43. The van der Waals surface area contributed by atoms with Gasteiger partial charge in [-0.3, -0.25) is 4.79 Å². The average Bonchev–Trinajstić information content (AvgIpc) is 2.93. The lowest BCUT2D eigenvalue weighted by Gasteiger charge is -2.48. The molecular weight excluding hydrogens is 272 g/mol. The molecule has 3 unspecified atom stereocenters. The first-order valence-corrected chi connectivity index (χ1v) is 8.83. The maximum absolute atomic E-state index is 11.9. The maximum Gasteiger partial charge on any atom is 0.227 e. The third-order valence-corrected chi connectivity index (χ3v) is 6.10. The number of nitrogens with zero attached hydrogens (tertiary/aromatic N) is 1. The zero-order valence-electron chi connectivity index (χ0n) is 13.3. The summed E-state index contributed by atoms with van der Waals surface area (Å²) in [5.41, 5.74) is 9.15. The van der Waals surface area contributed by atoms with Crippen molar-refractivity contribution < 1.29 is 4.79 Å². The van der Waals surface area contributed by atoms with Gasteiger partial charge in [0.25, 0.3) is 0 Å². The molecule has 2 N–H and O–H groups in total. The molecule has 1 saturated heterocycles. The molecule has 3 nitrogen and oxygen atoms in total. The largest absolute Gasteiger partial charge is 0.328 e. The molecule has 1 aromatic rings. The minimum atomic E-state index is 0.267. The van der Waals surface area contributed by atoms with Gasteiger partial charge >= 0.3 is 0 Å². The van der Waals surface area contributed by atoms with Crippen molar-refractivity contribution in [3.63, 3.8) is 0 Å². The van der Waals surface area contributed by atoms with Gasteiger partial charge in [0.05, 0.1) is 0 Å². The number of nitrogens with two attached hydrogens (primary N) is 1. The van der Waals surface area contributed by atoms with Gasteiger partial charge in [0, 0.05) is 24.7 Å². The van der Waals surface area contributed by atoms with Gasteiger partial charge in [0.15, 0.2) is 0 Å². The fourth-order valence-corrected chi connectivity index (χ4v) is 5.18. The summed E-state index contributed by atoms with van der Waals surface area (Å²) in [4.78, 5) is 13.8. The quantitative estimate of drug-likeness (QED) is 0.910. The van der Waals surface area contributed by atoms with Crippen LogP contribution in [0, 0.1) is 5.92 Å². The number of hydrogen-bond donors (Lipinski definition) is 1. The Bertz CT molecular complexity index is 563. The van der Waals surface area contributed by atoms with Crippen molar-refractivity contribution in [3.05, 3.63) is 29.8 Å². The minimum absolute atomic E-state index is 0.267. The van der Waals surface area contributed by atoms with Crippen LogP contribution < -0.4 is 10.6 Å². The van der Waals surface area contributed by atoms with Crippen LogP contribution in [0.25, 0.3) is 0 Å². The monoisotopic (exact) mass is 298 g/mol. The van der Waals surface area contributed by atoms with Crippen LogP contribution in [0.3, 0.4) is 0 Å². The molecule has 0 spiro atoms. The molecule has 3 atom stereocenters. The number of carbonyl (C=O) groups is 1. The van der Waals surface area contributed by atoms with Gasteiger partial charge in [-0.25, -0.2) is 0 Å². The van der Waals surface area contributed by atoms with Crippen LogP contribution >= 0.6 is 0 Å². The van der Waals surface area contributed by atoms with E-state index < -0.39 is 0 Å². The van der Waals surface area contributed by atoms with Gasteiger partial charge in [-0.2, -0.15) is 0 Å². The topological polar surface area (TPSA) is 46.3 Å². The second-order valence-corrected chi connectivity index (χ2v) is 7.64. The standard InChI is InChI=1S/C19H26N2O/c20-16-11-14-3-1-9-19(12-14,13-16)15-5-7-17(8-6-15)21-10-2-4-18(21)22/h5-8,14,16H,1-4,9-13,20H2. The first kappa shape index (κ1) is 14.3. The van der Waals surface area contributed by atoms with E-state index in [1.807, 2.05) is 4.90 Å². The first-order valence-electron chi connectivity index (χ1n) is 8.83. The van der Waals surface area contributed by atoms with Crippen molar-refractivity contribution in [3.8, 4) is 0 Å². The summed E-state index contributed by atoms with van der Waals surface area (Å²) in [6.45, 7) is 0.871. The van der Waals surface area contributed by atoms with Crippen LogP contribution in [0.5, 0.6) is 0 Å². The van der Waals surface area contributed by atoms with E-state index in [0.29, 0.717) is 17.9 Å². The normalized spacial score (nSPS) is 35.0. The molecule has 2 bridgehead atoms. The maximum atomic E-state index is 11.9. The van der Waals surface area contributed by atoms with Crippen molar-refractivity contribution in [2.45, 2.75) is 62.8 Å². The Hall–Kier alpha value is -1.35. The molecule has 3 heteroatoms. The number of benzene rings is 1. The lowest BCUT2D eigenvalue weighted by atomic mass is 9.58. The second kappa shape index (κ2) is 5.38. The number of hydrogen-bond acceptors (Lipinski definition) is 2. The molecule has 2 aliphatic carbocycles. The van der Waals surface area contributed by atoms with Crippen LogP contribution in [0.4, 0.5) is 5.69 Å². The highest BCUT2D eigenvalue weighted by Crippen LogP contribution is 2.50. The Kier molecular flexibility index (Phi) is 3.48. The molecule has 1 heterocycles. The molecule has 2 saturated carbocycles. The van der Waals surface area contributed by atoms with E-state index in [2.05, 4.69) is 24.3 Å². The summed E-state index contributed by atoms with van der Waals surface area (Å²) >= 11 is 0. The Labute approximate surface area is 132 Å². The molecule has 3 aliphatic rings. The molecule has 1 aliphatic heterocycles. The van der Waals surface area contributed by atoms with Crippen LogP contribution in [0.15, 0.2) is 24.3 Å². The minimum Gasteiger partial charge on any atom is -0.328 e. The van der Waals surface area contributed by atoms with Gasteiger partial charge in [-0.15, -0.1) is 0 Å². The molecule has 0 radical (unpaired) electrons. The summed E-state index contributed by atoms with van der Waals surface area (Å²) in [7, 11) is 0. The number of carbonyl (C=O) groups excluding carboxylic acids is 1. The van der Waals surface area contributed by atoms with E-state index in [-0.39, 0.29) is 5.91 Å². The zero-order chi connectivity index (χ0) is 15.2. The molecule has 4 rings (SSSR count). The number of anilines is 1. The second-order valence-electron chi connectivity index (χ2n) is 7.64. The van der Waals surface area contributed by atoms with E-state index in [0.717, 1.165) is 31.0 Å². The van der Waals surface area contributed by atoms with Crippen LogP contribution in [-0.2, 0) is 10.2 Å². The van der Waals surface area contributed by atoms with Crippen molar-refractivity contribution in [2.75, 3.05) is 11.4 Å². The van der Waals surface area contributed by atoms with Crippen molar-refractivity contribution in [1.82, 2.24) is 0 Å². The zero-order valence-corrected chi connectivity index (χ0v) is 13.3. The smallest absolute Gasteiger partial charge is 0.227 e. The fourth-order valence-electron chi connectivity index (χ4n) is 5.18. The lowest BCUT2D eigenvalue weighted by Crippen LogP contribution is -2.45. The molecule has 22 heavy (non-hydrogen) atoms. The van der Waals surface area contributed by atoms with Gasteiger partial charge in [-0.1, -0.05) is 25.0 Å². The van der Waals surface area contributed by atoms with Crippen LogP contribution in [0.2, 0.25) is 0 Å².